The zero-order valence-electron chi connectivity index (χ0n) is 8.87. The summed E-state index contributed by atoms with van der Waals surface area (Å²) in [7, 11) is 0. The largest absolute Gasteiger partial charge is 0.429 e. The third kappa shape index (κ3) is 2.47. The molecule has 0 N–H and O–H groups in total. The van der Waals surface area contributed by atoms with Crippen LogP contribution in [0.3, 0.4) is 0 Å². The number of nitriles is 2. The Hall–Kier alpha value is -1.55. The molecular weight excluding hydrogens is 180 g/mol. The van der Waals surface area contributed by atoms with E-state index in [9.17, 15) is 4.79 Å². The first-order valence-corrected chi connectivity index (χ1v) is 4.45. The lowest BCUT2D eigenvalue weighted by Crippen LogP contribution is -2.38. The van der Waals surface area contributed by atoms with Crippen LogP contribution in [-0.2, 0) is 9.53 Å². The topological polar surface area (TPSA) is 73.9 Å². The van der Waals surface area contributed by atoms with Gasteiger partial charge in [0.2, 0.25) is 0 Å². The molecule has 0 bridgehead atoms. The summed E-state index contributed by atoms with van der Waals surface area (Å²) < 4.78 is 4.90. The summed E-state index contributed by atoms with van der Waals surface area (Å²) in [6.45, 7) is 6.64. The summed E-state index contributed by atoms with van der Waals surface area (Å²) in [6, 6.07) is 3.49. The second-order valence-electron chi connectivity index (χ2n) is 3.69. The molecule has 0 aromatic rings. The van der Waals surface area contributed by atoms with Gasteiger partial charge >= 0.3 is 5.97 Å². The fourth-order valence-electron chi connectivity index (χ4n) is 0.723. The van der Waals surface area contributed by atoms with Crippen molar-refractivity contribution in [3.63, 3.8) is 0 Å². The third-order valence-electron chi connectivity index (χ3n) is 1.88. The Kier molecular flexibility index (Phi) is 4.11. The molecule has 0 amide bonds. The molecule has 0 aliphatic heterocycles. The molecule has 4 nitrogen and oxygen atoms in total. The van der Waals surface area contributed by atoms with Crippen molar-refractivity contribution >= 4 is 5.97 Å². The molecule has 0 aromatic heterocycles. The van der Waals surface area contributed by atoms with Gasteiger partial charge in [-0.3, -0.25) is 4.79 Å². The summed E-state index contributed by atoms with van der Waals surface area (Å²) in [6.07, 6.45) is 0. The smallest absolute Gasteiger partial charge is 0.310 e. The lowest BCUT2D eigenvalue weighted by molar-refractivity contribution is -0.157. The molecule has 0 atom stereocenters. The van der Waals surface area contributed by atoms with Crippen LogP contribution >= 0.6 is 0 Å². The fraction of sp³-hybridized carbons (Fsp3) is 0.700. The first kappa shape index (κ1) is 12.4. The van der Waals surface area contributed by atoms with Crippen molar-refractivity contribution in [3.8, 4) is 12.1 Å². The van der Waals surface area contributed by atoms with Gasteiger partial charge in [0.25, 0.3) is 5.60 Å². The number of carbonyl (C=O) groups excluding carboxylic acids is 1. The van der Waals surface area contributed by atoms with Gasteiger partial charge in [0, 0.05) is 5.92 Å². The van der Waals surface area contributed by atoms with Crippen LogP contribution in [0.4, 0.5) is 0 Å². The van der Waals surface area contributed by atoms with Gasteiger partial charge in [-0.2, -0.15) is 10.5 Å². The monoisotopic (exact) mass is 194 g/mol. The summed E-state index contributed by atoms with van der Waals surface area (Å²) in [5.74, 6) is -1.21. The van der Waals surface area contributed by atoms with E-state index in [-0.39, 0.29) is 11.8 Å². The molecule has 0 spiro atoms. The van der Waals surface area contributed by atoms with Crippen LogP contribution in [0.5, 0.6) is 0 Å². The summed E-state index contributed by atoms with van der Waals surface area (Å²) in [5, 5.41) is 17.7. The Morgan fingerprint density at radius 2 is 1.64 bits per heavy atom. The second kappa shape index (κ2) is 4.62. The Balaban J connectivity index is 4.83. The molecule has 0 rings (SSSR count). The van der Waals surface area contributed by atoms with Crippen molar-refractivity contribution in [2.75, 3.05) is 0 Å². The molecule has 0 aliphatic carbocycles. The molecule has 4 heteroatoms. The molecule has 0 saturated carbocycles. The van der Waals surface area contributed by atoms with Gasteiger partial charge < -0.3 is 4.74 Å². The Morgan fingerprint density at radius 1 is 1.21 bits per heavy atom. The molecule has 0 heterocycles. The fourth-order valence-corrected chi connectivity index (χ4v) is 0.723. The standard InChI is InChI=1S/C10H14N2O2/c1-7(2)9(13)14-10(5-11,6-12)8(3)4/h7-8H,1-4H3. The zero-order valence-corrected chi connectivity index (χ0v) is 8.87. The minimum atomic E-state index is -1.65. The normalized spacial score (nSPS) is 10.9. The minimum Gasteiger partial charge on any atom is -0.429 e. The summed E-state index contributed by atoms with van der Waals surface area (Å²) >= 11 is 0. The van der Waals surface area contributed by atoms with Gasteiger partial charge in [0.1, 0.15) is 12.1 Å². The van der Waals surface area contributed by atoms with Crippen LogP contribution in [-0.4, -0.2) is 11.6 Å². The average molecular weight is 194 g/mol. The number of rotatable bonds is 3. The van der Waals surface area contributed by atoms with Gasteiger partial charge in [0.05, 0.1) is 5.92 Å². The highest BCUT2D eigenvalue weighted by Crippen LogP contribution is 2.21. The maximum atomic E-state index is 11.3. The Morgan fingerprint density at radius 3 is 1.86 bits per heavy atom. The van der Waals surface area contributed by atoms with Crippen LogP contribution in [0.1, 0.15) is 27.7 Å². The first-order chi connectivity index (χ1) is 6.39. The van der Waals surface area contributed by atoms with Gasteiger partial charge in [-0.05, 0) is 0 Å². The summed E-state index contributed by atoms with van der Waals surface area (Å²) in [5.41, 5.74) is -1.65. The number of carbonyl (C=O) groups is 1. The lowest BCUT2D eigenvalue weighted by Gasteiger charge is -2.23. The summed E-state index contributed by atoms with van der Waals surface area (Å²) in [4.78, 5) is 11.3. The van der Waals surface area contributed by atoms with Gasteiger partial charge in [0.15, 0.2) is 0 Å². The minimum absolute atomic E-state index is 0.338. The van der Waals surface area contributed by atoms with Crippen LogP contribution < -0.4 is 0 Å². The predicted octanol–water partition coefficient (Wildman–Crippen LogP) is 1.63. The van der Waals surface area contributed by atoms with Crippen molar-refractivity contribution < 1.29 is 9.53 Å². The molecule has 0 saturated heterocycles. The molecule has 0 fully saturated rings. The number of esters is 1. The highest BCUT2D eigenvalue weighted by molar-refractivity contribution is 5.72. The van der Waals surface area contributed by atoms with Crippen LogP contribution in [0.15, 0.2) is 0 Å². The molecule has 14 heavy (non-hydrogen) atoms. The van der Waals surface area contributed by atoms with Gasteiger partial charge in [-0.15, -0.1) is 0 Å². The number of ether oxygens (including phenoxy) is 1. The Labute approximate surface area is 84.1 Å². The second-order valence-corrected chi connectivity index (χ2v) is 3.69. The Bertz CT molecular complexity index is 280. The van der Waals surface area contributed by atoms with E-state index in [2.05, 4.69) is 0 Å². The van der Waals surface area contributed by atoms with E-state index in [1.54, 1.807) is 39.8 Å². The highest BCUT2D eigenvalue weighted by atomic mass is 16.6. The van der Waals surface area contributed by atoms with E-state index in [0.29, 0.717) is 0 Å². The first-order valence-electron chi connectivity index (χ1n) is 4.45. The van der Waals surface area contributed by atoms with E-state index in [4.69, 9.17) is 15.3 Å². The highest BCUT2D eigenvalue weighted by Gasteiger charge is 2.39. The van der Waals surface area contributed by atoms with E-state index in [1.807, 2.05) is 0 Å². The zero-order chi connectivity index (χ0) is 11.4. The van der Waals surface area contributed by atoms with Crippen molar-refractivity contribution in [2.45, 2.75) is 33.3 Å². The van der Waals surface area contributed by atoms with E-state index in [1.165, 1.54) is 0 Å². The number of hydrogen-bond donors (Lipinski definition) is 0. The van der Waals surface area contributed by atoms with Crippen LogP contribution in [0.2, 0.25) is 0 Å². The quantitative estimate of drug-likeness (QED) is 0.640. The average Bonchev–Trinajstić information content (AvgIpc) is 2.13. The van der Waals surface area contributed by atoms with Crippen molar-refractivity contribution in [1.82, 2.24) is 0 Å². The van der Waals surface area contributed by atoms with Crippen LogP contribution in [0.25, 0.3) is 0 Å². The SMILES string of the molecule is CC(C)C(=O)OC(C#N)(C#N)C(C)C. The molecule has 0 aromatic carbocycles. The molecule has 0 aliphatic rings. The number of hydrogen-bond acceptors (Lipinski definition) is 4. The third-order valence-corrected chi connectivity index (χ3v) is 1.88. The molecular formula is C10H14N2O2. The number of nitrogens with zero attached hydrogens (tertiary/aromatic N) is 2. The van der Waals surface area contributed by atoms with Crippen molar-refractivity contribution in [3.05, 3.63) is 0 Å². The van der Waals surface area contributed by atoms with E-state index >= 15 is 0 Å². The van der Waals surface area contributed by atoms with Gasteiger partial charge in [-0.25, -0.2) is 0 Å². The maximum Gasteiger partial charge on any atom is 0.310 e. The van der Waals surface area contributed by atoms with Crippen LogP contribution in [0, 0.1) is 34.5 Å². The molecule has 0 unspecified atom stereocenters. The van der Waals surface area contributed by atoms with Gasteiger partial charge in [-0.1, -0.05) is 27.7 Å². The van der Waals surface area contributed by atoms with E-state index in [0.717, 1.165) is 0 Å². The van der Waals surface area contributed by atoms with E-state index < -0.39 is 11.6 Å². The van der Waals surface area contributed by atoms with Crippen molar-refractivity contribution in [1.29, 1.82) is 10.5 Å². The lowest BCUT2D eigenvalue weighted by atomic mass is 9.93. The predicted molar refractivity (Wildman–Crippen MR) is 49.7 cm³/mol. The van der Waals surface area contributed by atoms with Crippen molar-refractivity contribution in [2.24, 2.45) is 11.8 Å². The molecule has 0 radical (unpaired) electrons. The maximum absolute atomic E-state index is 11.3. The molecule has 76 valence electrons.